The van der Waals surface area contributed by atoms with E-state index in [9.17, 15) is 19.5 Å². The van der Waals surface area contributed by atoms with Crippen LogP contribution in [0.2, 0.25) is 0 Å². The molecule has 0 radical (unpaired) electrons. The topological polar surface area (TPSA) is 99.1 Å². The van der Waals surface area contributed by atoms with Crippen LogP contribution in [0.4, 0.5) is 0 Å². The van der Waals surface area contributed by atoms with Crippen molar-refractivity contribution in [3.05, 3.63) is 47.1 Å². The summed E-state index contributed by atoms with van der Waals surface area (Å²) < 4.78 is 15.7. The van der Waals surface area contributed by atoms with Gasteiger partial charge in [0.15, 0.2) is 23.1 Å². The Balaban J connectivity index is 1.55. The Morgan fingerprint density at radius 1 is 1.15 bits per heavy atom. The minimum Gasteiger partial charge on any atom is -0.454 e. The van der Waals surface area contributed by atoms with Crippen LogP contribution in [-0.2, 0) is 25.5 Å². The fourth-order valence-electron chi connectivity index (χ4n) is 4.06. The summed E-state index contributed by atoms with van der Waals surface area (Å²) in [5.41, 5.74) is -2.93. The molecule has 132 valence electrons. The summed E-state index contributed by atoms with van der Waals surface area (Å²) in [5.74, 6) is -0.715. The highest BCUT2D eigenvalue weighted by Gasteiger charge is 2.64. The Morgan fingerprint density at radius 2 is 1.92 bits per heavy atom. The average Bonchev–Trinajstić information content (AvgIpc) is 3.15. The molecule has 3 heterocycles. The molecule has 26 heavy (non-hydrogen) atoms. The molecule has 7 heteroatoms. The van der Waals surface area contributed by atoms with E-state index in [0.717, 1.165) is 5.56 Å². The molecule has 1 N–H and O–H groups in total. The molecule has 3 unspecified atom stereocenters. The van der Waals surface area contributed by atoms with Crippen molar-refractivity contribution in [1.29, 1.82) is 0 Å². The lowest BCUT2D eigenvalue weighted by Gasteiger charge is -2.36. The van der Waals surface area contributed by atoms with Gasteiger partial charge in [-0.3, -0.25) is 9.59 Å². The Morgan fingerprint density at radius 3 is 2.69 bits per heavy atom. The summed E-state index contributed by atoms with van der Waals surface area (Å²) in [4.78, 5) is 38.2. The first-order valence-electron chi connectivity index (χ1n) is 8.20. The van der Waals surface area contributed by atoms with E-state index in [4.69, 9.17) is 14.2 Å². The molecule has 7 nitrogen and oxygen atoms in total. The molecule has 0 amide bonds. The Hall–Kier alpha value is -2.93. The smallest absolute Gasteiger partial charge is 0.348 e. The van der Waals surface area contributed by atoms with Crippen LogP contribution in [0.5, 0.6) is 11.5 Å². The summed E-state index contributed by atoms with van der Waals surface area (Å²) in [5, 5.41) is 10.6. The number of fused-ring (bicyclic) bond motifs is 2. The number of carbonyl (C=O) groups is 3. The van der Waals surface area contributed by atoms with Gasteiger partial charge in [0.2, 0.25) is 12.4 Å². The van der Waals surface area contributed by atoms with Crippen molar-refractivity contribution in [3.8, 4) is 11.5 Å². The molecular formula is C19H14O7. The largest absolute Gasteiger partial charge is 0.454 e. The van der Waals surface area contributed by atoms with Gasteiger partial charge in [0.1, 0.15) is 6.10 Å². The molecule has 0 saturated heterocycles. The van der Waals surface area contributed by atoms with Gasteiger partial charge in [0.05, 0.1) is 16.6 Å². The third kappa shape index (κ3) is 1.68. The summed E-state index contributed by atoms with van der Waals surface area (Å²) in [7, 11) is 0. The van der Waals surface area contributed by atoms with Crippen LogP contribution in [0.3, 0.4) is 0 Å². The predicted molar refractivity (Wildman–Crippen MR) is 85.4 cm³/mol. The van der Waals surface area contributed by atoms with E-state index in [0.29, 0.717) is 11.5 Å². The SMILES string of the molecule is CC1(Cc2ccc3c(c2)OCO3)C(=O)C2=C(C1=O)C1(O)C=CC2OC1=O. The number of rotatable bonds is 2. The lowest BCUT2D eigenvalue weighted by Crippen LogP contribution is -2.51. The van der Waals surface area contributed by atoms with Gasteiger partial charge in [-0.15, -0.1) is 0 Å². The molecule has 0 saturated carbocycles. The van der Waals surface area contributed by atoms with E-state index in [-0.39, 0.29) is 24.4 Å². The molecule has 2 bridgehead atoms. The normalized spacial score (nSPS) is 33.8. The summed E-state index contributed by atoms with van der Waals surface area (Å²) >= 11 is 0. The van der Waals surface area contributed by atoms with Gasteiger partial charge in [0, 0.05) is 0 Å². The number of ketones is 2. The van der Waals surface area contributed by atoms with Crippen molar-refractivity contribution in [1.82, 2.24) is 0 Å². The fourth-order valence-corrected chi connectivity index (χ4v) is 4.06. The van der Waals surface area contributed by atoms with Gasteiger partial charge < -0.3 is 19.3 Å². The van der Waals surface area contributed by atoms with E-state index in [1.807, 2.05) is 0 Å². The number of carbonyl (C=O) groups excluding carboxylic acids is 3. The van der Waals surface area contributed by atoms with E-state index >= 15 is 0 Å². The number of aliphatic hydroxyl groups is 1. The van der Waals surface area contributed by atoms with Crippen molar-refractivity contribution >= 4 is 17.5 Å². The Labute approximate surface area is 147 Å². The minimum absolute atomic E-state index is 0.0860. The number of hydrogen-bond donors (Lipinski definition) is 1. The van der Waals surface area contributed by atoms with E-state index in [2.05, 4.69) is 0 Å². The molecule has 0 aromatic heterocycles. The molecule has 3 aliphatic heterocycles. The molecule has 3 atom stereocenters. The standard InChI is InChI=1S/C19H14O7/c1-18(7-9-2-3-10-12(6-9)25-8-24-10)15(20)13-11-4-5-19(23,17(22)26-11)14(13)16(18)21/h2-6,11,23H,7-8H2,1H3. The van der Waals surface area contributed by atoms with E-state index < -0.39 is 34.7 Å². The zero-order chi connectivity index (χ0) is 18.3. The Bertz CT molecular complexity index is 972. The van der Waals surface area contributed by atoms with Crippen molar-refractivity contribution < 1.29 is 33.7 Å². The van der Waals surface area contributed by atoms with Crippen molar-refractivity contribution in [2.75, 3.05) is 6.79 Å². The van der Waals surface area contributed by atoms with Gasteiger partial charge in [-0.25, -0.2) is 4.79 Å². The van der Waals surface area contributed by atoms with Crippen LogP contribution in [0.15, 0.2) is 41.5 Å². The van der Waals surface area contributed by atoms with Crippen LogP contribution in [0.25, 0.3) is 0 Å². The third-order valence-electron chi connectivity index (χ3n) is 5.46. The second-order valence-electron chi connectivity index (χ2n) is 7.09. The molecule has 5 aliphatic rings. The Kier molecular flexibility index (Phi) is 2.72. The number of hydrogen-bond acceptors (Lipinski definition) is 7. The molecule has 0 spiro atoms. The van der Waals surface area contributed by atoms with Gasteiger partial charge >= 0.3 is 5.97 Å². The fraction of sp³-hybridized carbons (Fsp3) is 0.316. The van der Waals surface area contributed by atoms with Crippen molar-refractivity contribution in [2.45, 2.75) is 25.0 Å². The number of Topliss-reactive ketones (excluding diaryl/α,β-unsaturated/α-hetero) is 2. The highest BCUT2D eigenvalue weighted by molar-refractivity contribution is 6.31. The second-order valence-corrected chi connectivity index (χ2v) is 7.09. The zero-order valence-corrected chi connectivity index (χ0v) is 13.8. The molecule has 0 fully saturated rings. The maximum absolute atomic E-state index is 13.1. The highest BCUT2D eigenvalue weighted by atomic mass is 16.7. The average molecular weight is 354 g/mol. The van der Waals surface area contributed by atoms with Gasteiger partial charge in [0.25, 0.3) is 0 Å². The number of benzene rings is 1. The van der Waals surface area contributed by atoms with Crippen LogP contribution < -0.4 is 9.47 Å². The molecule has 6 rings (SSSR count). The maximum atomic E-state index is 13.1. The first-order chi connectivity index (χ1) is 12.3. The van der Waals surface area contributed by atoms with Crippen LogP contribution in [0.1, 0.15) is 12.5 Å². The molecule has 1 aromatic carbocycles. The summed E-state index contributed by atoms with van der Waals surface area (Å²) in [6.45, 7) is 1.66. The molecular weight excluding hydrogens is 340 g/mol. The van der Waals surface area contributed by atoms with E-state index in [1.165, 1.54) is 19.1 Å². The summed E-state index contributed by atoms with van der Waals surface area (Å²) in [6, 6.07) is 5.22. The van der Waals surface area contributed by atoms with Crippen molar-refractivity contribution in [3.63, 3.8) is 0 Å². The lowest BCUT2D eigenvalue weighted by molar-refractivity contribution is -0.164. The highest BCUT2D eigenvalue weighted by Crippen LogP contribution is 2.49. The number of ether oxygens (including phenoxy) is 3. The van der Waals surface area contributed by atoms with Crippen molar-refractivity contribution in [2.24, 2.45) is 5.41 Å². The van der Waals surface area contributed by atoms with Gasteiger partial charge in [-0.05, 0) is 43.2 Å². The number of esters is 1. The van der Waals surface area contributed by atoms with Crippen LogP contribution >= 0.6 is 0 Å². The van der Waals surface area contributed by atoms with Gasteiger partial charge in [-0.2, -0.15) is 0 Å². The van der Waals surface area contributed by atoms with E-state index in [1.54, 1.807) is 18.2 Å². The monoisotopic (exact) mass is 354 g/mol. The van der Waals surface area contributed by atoms with Crippen LogP contribution in [-0.4, -0.2) is 41.1 Å². The first kappa shape index (κ1) is 15.3. The third-order valence-corrected chi connectivity index (χ3v) is 5.46. The maximum Gasteiger partial charge on any atom is 0.348 e. The second kappa shape index (κ2) is 4.62. The van der Waals surface area contributed by atoms with Gasteiger partial charge in [-0.1, -0.05) is 6.07 Å². The molecule has 2 aliphatic carbocycles. The predicted octanol–water partition coefficient (Wildman–Crippen LogP) is 0.639. The summed E-state index contributed by atoms with van der Waals surface area (Å²) in [6.07, 6.45) is 1.88. The van der Waals surface area contributed by atoms with Crippen LogP contribution in [0, 0.1) is 5.41 Å². The minimum atomic E-state index is -2.18. The molecule has 1 aromatic rings. The lowest BCUT2D eigenvalue weighted by atomic mass is 9.76. The zero-order valence-electron chi connectivity index (χ0n) is 13.8. The quantitative estimate of drug-likeness (QED) is 0.473. The first-order valence-corrected chi connectivity index (χ1v) is 8.20.